The van der Waals surface area contributed by atoms with Crippen molar-refractivity contribution < 1.29 is 9.59 Å². The predicted molar refractivity (Wildman–Crippen MR) is 114 cm³/mol. The molecule has 0 radical (unpaired) electrons. The highest BCUT2D eigenvalue weighted by Gasteiger charge is 2.17. The zero-order chi connectivity index (χ0) is 20.5. The SMILES string of the molecule is CCCCCCCCCCCCCCCC(=O)NC(=O)[C@@H](N)Cc1cnc[nH]1. The molecular formula is C22H40N4O2. The summed E-state index contributed by atoms with van der Waals surface area (Å²) in [5.74, 6) is -0.651. The standard InChI is InChI=1S/C22H40N4O2/c1-2-3-4-5-6-7-8-9-10-11-12-13-14-15-21(27)26-22(28)20(23)16-19-17-24-18-25-19/h17-18,20H,2-16,23H2,1H3,(H,24,25)(H,26,27,28)/t20-/m0/s1. The third kappa shape index (κ3) is 12.7. The third-order valence-electron chi connectivity index (χ3n) is 5.10. The second-order valence-corrected chi connectivity index (χ2v) is 7.79. The first-order chi connectivity index (χ1) is 13.6. The molecule has 2 amide bonds. The Bertz CT molecular complexity index is 517. The second-order valence-electron chi connectivity index (χ2n) is 7.79. The summed E-state index contributed by atoms with van der Waals surface area (Å²) in [5.41, 5.74) is 6.60. The Hall–Kier alpha value is -1.69. The molecule has 0 fully saturated rings. The van der Waals surface area contributed by atoms with Crippen molar-refractivity contribution in [2.75, 3.05) is 0 Å². The smallest absolute Gasteiger partial charge is 0.243 e. The van der Waals surface area contributed by atoms with Crippen molar-refractivity contribution in [3.8, 4) is 0 Å². The number of imide groups is 1. The molecule has 28 heavy (non-hydrogen) atoms. The maximum atomic E-state index is 11.9. The number of rotatable bonds is 17. The normalized spacial score (nSPS) is 12.1. The van der Waals surface area contributed by atoms with Crippen LogP contribution in [0.3, 0.4) is 0 Å². The zero-order valence-corrected chi connectivity index (χ0v) is 17.7. The number of H-pyrrole nitrogens is 1. The summed E-state index contributed by atoms with van der Waals surface area (Å²) in [7, 11) is 0. The number of amides is 2. The van der Waals surface area contributed by atoms with Crippen LogP contribution in [0.2, 0.25) is 0 Å². The average molecular weight is 393 g/mol. The van der Waals surface area contributed by atoms with E-state index in [-0.39, 0.29) is 5.91 Å². The number of carbonyl (C=O) groups is 2. The highest BCUT2D eigenvalue weighted by Crippen LogP contribution is 2.12. The third-order valence-corrected chi connectivity index (χ3v) is 5.10. The molecule has 0 spiro atoms. The largest absolute Gasteiger partial charge is 0.348 e. The van der Waals surface area contributed by atoms with Crippen molar-refractivity contribution in [3.63, 3.8) is 0 Å². The van der Waals surface area contributed by atoms with Crippen LogP contribution in [0.5, 0.6) is 0 Å². The fourth-order valence-corrected chi connectivity index (χ4v) is 3.32. The minimum absolute atomic E-state index is 0.229. The second kappa shape index (κ2) is 16.3. The van der Waals surface area contributed by atoms with Gasteiger partial charge in [-0.2, -0.15) is 0 Å². The van der Waals surface area contributed by atoms with E-state index >= 15 is 0 Å². The molecular weight excluding hydrogens is 352 g/mol. The fourth-order valence-electron chi connectivity index (χ4n) is 3.32. The molecule has 6 heteroatoms. The van der Waals surface area contributed by atoms with Crippen LogP contribution in [-0.4, -0.2) is 27.8 Å². The van der Waals surface area contributed by atoms with Crippen molar-refractivity contribution in [2.24, 2.45) is 5.73 Å². The molecule has 0 aliphatic carbocycles. The lowest BCUT2D eigenvalue weighted by Gasteiger charge is -2.10. The number of hydrogen-bond donors (Lipinski definition) is 3. The van der Waals surface area contributed by atoms with Gasteiger partial charge in [0, 0.05) is 24.7 Å². The molecule has 0 aromatic carbocycles. The van der Waals surface area contributed by atoms with E-state index in [2.05, 4.69) is 22.2 Å². The van der Waals surface area contributed by atoms with Crippen LogP contribution in [0, 0.1) is 0 Å². The van der Waals surface area contributed by atoms with Crippen LogP contribution >= 0.6 is 0 Å². The number of hydrogen-bond acceptors (Lipinski definition) is 4. The number of carbonyl (C=O) groups excluding carboxylic acids is 2. The average Bonchev–Trinajstić information content (AvgIpc) is 3.18. The molecule has 1 rings (SSSR count). The van der Waals surface area contributed by atoms with E-state index in [4.69, 9.17) is 5.73 Å². The van der Waals surface area contributed by atoms with Crippen LogP contribution in [0.1, 0.15) is 103 Å². The van der Waals surface area contributed by atoms with Gasteiger partial charge in [0.05, 0.1) is 12.4 Å². The summed E-state index contributed by atoms with van der Waals surface area (Å²) in [4.78, 5) is 30.6. The molecule has 6 nitrogen and oxygen atoms in total. The predicted octanol–water partition coefficient (Wildman–Crippen LogP) is 4.40. The summed E-state index contributed by atoms with van der Waals surface area (Å²) in [5, 5.41) is 2.40. The number of nitrogens with one attached hydrogen (secondary N) is 2. The molecule has 1 atom stereocenters. The summed E-state index contributed by atoms with van der Waals surface area (Å²) < 4.78 is 0. The first-order valence-corrected chi connectivity index (χ1v) is 11.2. The number of imidazole rings is 1. The van der Waals surface area contributed by atoms with Gasteiger partial charge in [0.1, 0.15) is 0 Å². The summed E-state index contributed by atoms with van der Waals surface area (Å²) in [6, 6.07) is -0.740. The Balaban J connectivity index is 1.90. The molecule has 0 saturated carbocycles. The maximum absolute atomic E-state index is 11.9. The van der Waals surface area contributed by atoms with E-state index < -0.39 is 11.9 Å². The van der Waals surface area contributed by atoms with Gasteiger partial charge in [0.15, 0.2) is 0 Å². The fraction of sp³-hybridized carbons (Fsp3) is 0.773. The molecule has 0 aliphatic heterocycles. The Morgan fingerprint density at radius 2 is 1.50 bits per heavy atom. The first kappa shape index (κ1) is 24.3. The highest BCUT2D eigenvalue weighted by atomic mass is 16.2. The van der Waals surface area contributed by atoms with Gasteiger partial charge in [0.25, 0.3) is 0 Å². The Labute approximate surface area is 170 Å². The van der Waals surface area contributed by atoms with Crippen molar-refractivity contribution in [1.29, 1.82) is 0 Å². The van der Waals surface area contributed by atoms with Gasteiger partial charge in [-0.25, -0.2) is 4.98 Å². The van der Waals surface area contributed by atoms with Gasteiger partial charge in [-0.1, -0.05) is 84.0 Å². The lowest BCUT2D eigenvalue weighted by atomic mass is 10.0. The van der Waals surface area contributed by atoms with E-state index in [1.54, 1.807) is 12.5 Å². The maximum Gasteiger partial charge on any atom is 0.243 e. The van der Waals surface area contributed by atoms with Gasteiger partial charge < -0.3 is 10.7 Å². The summed E-state index contributed by atoms with van der Waals surface area (Å²) >= 11 is 0. The number of aromatic nitrogens is 2. The molecule has 0 bridgehead atoms. The number of nitrogens with two attached hydrogens (primary N) is 1. The molecule has 0 unspecified atom stereocenters. The van der Waals surface area contributed by atoms with Crippen LogP contribution in [0.4, 0.5) is 0 Å². The number of aromatic amines is 1. The molecule has 1 aromatic rings. The summed E-state index contributed by atoms with van der Waals surface area (Å²) in [6.45, 7) is 2.26. The zero-order valence-electron chi connectivity index (χ0n) is 17.7. The first-order valence-electron chi connectivity index (χ1n) is 11.2. The lowest BCUT2D eigenvalue weighted by molar-refractivity contribution is -0.131. The molecule has 0 aliphatic rings. The van der Waals surface area contributed by atoms with Gasteiger partial charge in [-0.3, -0.25) is 14.9 Å². The van der Waals surface area contributed by atoms with Crippen LogP contribution in [0.25, 0.3) is 0 Å². The van der Waals surface area contributed by atoms with Crippen molar-refractivity contribution in [3.05, 3.63) is 18.2 Å². The highest BCUT2D eigenvalue weighted by molar-refractivity contribution is 5.97. The Morgan fingerprint density at radius 3 is 2.00 bits per heavy atom. The van der Waals surface area contributed by atoms with E-state index in [9.17, 15) is 9.59 Å². The van der Waals surface area contributed by atoms with E-state index in [0.717, 1.165) is 25.0 Å². The van der Waals surface area contributed by atoms with Crippen LogP contribution < -0.4 is 11.1 Å². The minimum Gasteiger partial charge on any atom is -0.348 e. The Kier molecular flexibility index (Phi) is 14.2. The van der Waals surface area contributed by atoms with E-state index in [0.29, 0.717) is 12.8 Å². The van der Waals surface area contributed by atoms with Gasteiger partial charge in [-0.15, -0.1) is 0 Å². The monoisotopic (exact) mass is 392 g/mol. The van der Waals surface area contributed by atoms with E-state index in [1.807, 2.05) is 0 Å². The quantitative estimate of drug-likeness (QED) is 0.342. The molecule has 4 N–H and O–H groups in total. The lowest BCUT2D eigenvalue weighted by Crippen LogP contribution is -2.44. The molecule has 160 valence electrons. The molecule has 1 aromatic heterocycles. The number of nitrogens with zero attached hydrogens (tertiary/aromatic N) is 1. The topological polar surface area (TPSA) is 101 Å². The van der Waals surface area contributed by atoms with Gasteiger partial charge in [-0.05, 0) is 6.42 Å². The van der Waals surface area contributed by atoms with E-state index in [1.165, 1.54) is 64.2 Å². The molecule has 0 saturated heterocycles. The minimum atomic E-state index is -0.740. The van der Waals surface area contributed by atoms with Crippen molar-refractivity contribution >= 4 is 11.8 Å². The van der Waals surface area contributed by atoms with Crippen molar-refractivity contribution in [1.82, 2.24) is 15.3 Å². The Morgan fingerprint density at radius 1 is 0.964 bits per heavy atom. The number of unbranched alkanes of at least 4 members (excludes halogenated alkanes) is 12. The van der Waals surface area contributed by atoms with Crippen molar-refractivity contribution in [2.45, 2.75) is 109 Å². The van der Waals surface area contributed by atoms with Crippen LogP contribution in [-0.2, 0) is 16.0 Å². The summed E-state index contributed by atoms with van der Waals surface area (Å²) in [6.07, 6.45) is 20.4. The van der Waals surface area contributed by atoms with Gasteiger partial charge in [0.2, 0.25) is 11.8 Å². The van der Waals surface area contributed by atoms with Crippen LogP contribution in [0.15, 0.2) is 12.5 Å². The van der Waals surface area contributed by atoms with Gasteiger partial charge >= 0.3 is 0 Å². The molecule has 1 heterocycles.